The van der Waals surface area contributed by atoms with Gasteiger partial charge in [0, 0.05) is 24.3 Å². The number of carbonyl (C=O) groups excluding carboxylic acids is 2. The van der Waals surface area contributed by atoms with Crippen LogP contribution in [-0.2, 0) is 4.74 Å². The lowest BCUT2D eigenvalue weighted by Crippen LogP contribution is -2.13. The molecule has 3 rings (SSSR count). The molecule has 108 valence electrons. The standard InChI is InChI=1S/C16H11N3O3/c20-15(22-16(21)14-3-1-2-8-18-14)12-4-6-13(7-5-12)19-10-9-17-11-19/h1-11H. The molecule has 0 aliphatic heterocycles. The number of aromatic nitrogens is 3. The molecule has 0 bridgehead atoms. The minimum Gasteiger partial charge on any atom is -0.385 e. The van der Waals surface area contributed by atoms with E-state index in [0.717, 1.165) is 5.69 Å². The van der Waals surface area contributed by atoms with Crippen molar-refractivity contribution in [3.8, 4) is 5.69 Å². The maximum Gasteiger partial charge on any atom is 0.364 e. The van der Waals surface area contributed by atoms with Crippen molar-refractivity contribution in [3.63, 3.8) is 0 Å². The molecule has 0 amide bonds. The highest BCUT2D eigenvalue weighted by molar-refractivity contribution is 6.01. The summed E-state index contributed by atoms with van der Waals surface area (Å²) in [5.74, 6) is -1.49. The number of pyridine rings is 1. The van der Waals surface area contributed by atoms with Gasteiger partial charge in [0.1, 0.15) is 5.69 Å². The molecule has 0 spiro atoms. The van der Waals surface area contributed by atoms with Crippen LogP contribution in [0, 0.1) is 0 Å². The molecule has 2 heterocycles. The first kappa shape index (κ1) is 13.7. The number of ether oxygens (including phenoxy) is 1. The van der Waals surface area contributed by atoms with Crippen LogP contribution in [0.15, 0.2) is 67.4 Å². The molecular formula is C16H11N3O3. The molecule has 0 fully saturated rings. The molecule has 3 aromatic rings. The highest BCUT2D eigenvalue weighted by Gasteiger charge is 2.15. The zero-order valence-corrected chi connectivity index (χ0v) is 11.4. The first-order valence-electron chi connectivity index (χ1n) is 6.50. The molecule has 0 atom stereocenters. The van der Waals surface area contributed by atoms with Gasteiger partial charge in [0.25, 0.3) is 0 Å². The summed E-state index contributed by atoms with van der Waals surface area (Å²) in [6.45, 7) is 0. The largest absolute Gasteiger partial charge is 0.385 e. The number of esters is 2. The predicted molar refractivity (Wildman–Crippen MR) is 77.5 cm³/mol. The van der Waals surface area contributed by atoms with Gasteiger partial charge in [-0.3, -0.25) is 0 Å². The third kappa shape index (κ3) is 2.90. The number of carbonyl (C=O) groups is 2. The summed E-state index contributed by atoms with van der Waals surface area (Å²) in [6.07, 6.45) is 6.56. The fourth-order valence-electron chi connectivity index (χ4n) is 1.86. The van der Waals surface area contributed by atoms with Gasteiger partial charge < -0.3 is 9.30 Å². The highest BCUT2D eigenvalue weighted by atomic mass is 16.6. The quantitative estimate of drug-likeness (QED) is 0.547. The van der Waals surface area contributed by atoms with Crippen LogP contribution in [0.25, 0.3) is 5.69 Å². The normalized spacial score (nSPS) is 10.2. The van der Waals surface area contributed by atoms with Crippen molar-refractivity contribution in [1.82, 2.24) is 14.5 Å². The maximum atomic E-state index is 11.9. The van der Waals surface area contributed by atoms with E-state index in [1.54, 1.807) is 59.7 Å². The molecule has 0 aliphatic carbocycles. The van der Waals surface area contributed by atoms with Gasteiger partial charge in [-0.1, -0.05) is 6.07 Å². The van der Waals surface area contributed by atoms with Crippen molar-refractivity contribution in [2.45, 2.75) is 0 Å². The molecular weight excluding hydrogens is 282 g/mol. The van der Waals surface area contributed by atoms with Crippen molar-refractivity contribution < 1.29 is 14.3 Å². The van der Waals surface area contributed by atoms with Gasteiger partial charge in [0.05, 0.1) is 11.9 Å². The number of rotatable bonds is 3. The molecule has 0 saturated carbocycles. The highest BCUT2D eigenvalue weighted by Crippen LogP contribution is 2.11. The average molecular weight is 293 g/mol. The molecule has 2 aromatic heterocycles. The summed E-state index contributed by atoms with van der Waals surface area (Å²) in [5, 5.41) is 0. The van der Waals surface area contributed by atoms with E-state index >= 15 is 0 Å². The molecule has 0 N–H and O–H groups in total. The Bertz CT molecular complexity index is 781. The number of hydrogen-bond acceptors (Lipinski definition) is 5. The summed E-state index contributed by atoms with van der Waals surface area (Å²) in [7, 11) is 0. The molecule has 0 unspecified atom stereocenters. The van der Waals surface area contributed by atoms with Crippen molar-refractivity contribution >= 4 is 11.9 Å². The zero-order chi connectivity index (χ0) is 15.4. The summed E-state index contributed by atoms with van der Waals surface area (Å²) in [6, 6.07) is 11.5. The van der Waals surface area contributed by atoms with E-state index in [-0.39, 0.29) is 11.3 Å². The van der Waals surface area contributed by atoms with E-state index in [4.69, 9.17) is 4.74 Å². The number of hydrogen-bond donors (Lipinski definition) is 0. The van der Waals surface area contributed by atoms with Gasteiger partial charge in [0.15, 0.2) is 0 Å². The Morgan fingerprint density at radius 1 is 0.955 bits per heavy atom. The fraction of sp³-hybridized carbons (Fsp3) is 0. The van der Waals surface area contributed by atoms with E-state index < -0.39 is 11.9 Å². The van der Waals surface area contributed by atoms with Crippen LogP contribution < -0.4 is 0 Å². The van der Waals surface area contributed by atoms with Crippen LogP contribution in [0.4, 0.5) is 0 Å². The van der Waals surface area contributed by atoms with Crippen LogP contribution in [0.1, 0.15) is 20.8 Å². The lowest BCUT2D eigenvalue weighted by Gasteiger charge is -2.05. The van der Waals surface area contributed by atoms with Crippen molar-refractivity contribution in [2.24, 2.45) is 0 Å². The van der Waals surface area contributed by atoms with Crippen LogP contribution in [0.2, 0.25) is 0 Å². The van der Waals surface area contributed by atoms with Crippen LogP contribution in [0.5, 0.6) is 0 Å². The molecule has 0 saturated heterocycles. The van der Waals surface area contributed by atoms with Crippen molar-refractivity contribution in [3.05, 3.63) is 78.6 Å². The van der Waals surface area contributed by atoms with Gasteiger partial charge in [-0.2, -0.15) is 0 Å². The Hall–Kier alpha value is -3.28. The number of nitrogens with zero attached hydrogens (tertiary/aromatic N) is 3. The second-order valence-corrected chi connectivity index (χ2v) is 4.41. The van der Waals surface area contributed by atoms with Crippen molar-refractivity contribution in [1.29, 1.82) is 0 Å². The first-order valence-corrected chi connectivity index (χ1v) is 6.50. The zero-order valence-electron chi connectivity index (χ0n) is 11.4. The van der Waals surface area contributed by atoms with Gasteiger partial charge in [-0.15, -0.1) is 0 Å². The fourth-order valence-corrected chi connectivity index (χ4v) is 1.86. The molecule has 0 aliphatic rings. The molecule has 0 radical (unpaired) electrons. The number of imidazole rings is 1. The van der Waals surface area contributed by atoms with Crippen LogP contribution in [-0.4, -0.2) is 26.5 Å². The molecule has 1 aromatic carbocycles. The van der Waals surface area contributed by atoms with E-state index in [2.05, 4.69) is 9.97 Å². The van der Waals surface area contributed by atoms with E-state index in [1.807, 2.05) is 0 Å². The van der Waals surface area contributed by atoms with E-state index in [9.17, 15) is 9.59 Å². The van der Waals surface area contributed by atoms with Crippen LogP contribution in [0.3, 0.4) is 0 Å². The average Bonchev–Trinajstić information content (AvgIpc) is 3.10. The third-order valence-electron chi connectivity index (χ3n) is 2.96. The van der Waals surface area contributed by atoms with Gasteiger partial charge in [-0.05, 0) is 36.4 Å². The second-order valence-electron chi connectivity index (χ2n) is 4.41. The Labute approximate surface area is 126 Å². The summed E-state index contributed by atoms with van der Waals surface area (Å²) >= 11 is 0. The molecule has 6 nitrogen and oxygen atoms in total. The lowest BCUT2D eigenvalue weighted by molar-refractivity contribution is 0.0393. The lowest BCUT2D eigenvalue weighted by atomic mass is 10.2. The Balaban J connectivity index is 1.71. The number of benzene rings is 1. The minimum absolute atomic E-state index is 0.0888. The summed E-state index contributed by atoms with van der Waals surface area (Å²) in [5.41, 5.74) is 1.23. The van der Waals surface area contributed by atoms with Gasteiger partial charge in [0.2, 0.25) is 0 Å². The SMILES string of the molecule is O=C(OC(=O)c1ccccn1)c1ccc(-n2ccnc2)cc1. The van der Waals surface area contributed by atoms with Crippen LogP contribution >= 0.6 is 0 Å². The van der Waals surface area contributed by atoms with E-state index in [0.29, 0.717) is 0 Å². The molecule has 6 heteroatoms. The summed E-state index contributed by atoms with van der Waals surface area (Å²) in [4.78, 5) is 31.5. The van der Waals surface area contributed by atoms with Crippen molar-refractivity contribution in [2.75, 3.05) is 0 Å². The first-order chi connectivity index (χ1) is 10.7. The maximum absolute atomic E-state index is 11.9. The Morgan fingerprint density at radius 2 is 1.77 bits per heavy atom. The third-order valence-corrected chi connectivity index (χ3v) is 2.96. The predicted octanol–water partition coefficient (Wildman–Crippen LogP) is 2.26. The van der Waals surface area contributed by atoms with Gasteiger partial charge >= 0.3 is 11.9 Å². The summed E-state index contributed by atoms with van der Waals surface area (Å²) < 4.78 is 6.59. The Kier molecular flexibility index (Phi) is 3.74. The minimum atomic E-state index is -0.774. The second kappa shape index (κ2) is 6.01. The smallest absolute Gasteiger partial charge is 0.364 e. The Morgan fingerprint density at radius 3 is 2.41 bits per heavy atom. The van der Waals surface area contributed by atoms with Gasteiger partial charge in [-0.25, -0.2) is 19.6 Å². The van der Waals surface area contributed by atoms with E-state index in [1.165, 1.54) is 12.3 Å². The monoisotopic (exact) mass is 293 g/mol. The molecule has 22 heavy (non-hydrogen) atoms. The topological polar surface area (TPSA) is 74.1 Å².